The molecular formula is C20H23NO3. The van der Waals surface area contributed by atoms with Crippen LogP contribution in [-0.4, -0.2) is 18.5 Å². The van der Waals surface area contributed by atoms with Gasteiger partial charge in [-0.3, -0.25) is 9.59 Å². The van der Waals surface area contributed by atoms with Gasteiger partial charge in [-0.05, 0) is 38.5 Å². The summed E-state index contributed by atoms with van der Waals surface area (Å²) in [5.74, 6) is -0.527. The molecule has 1 unspecified atom stereocenters. The molecule has 0 radical (unpaired) electrons. The minimum absolute atomic E-state index is 0.106. The zero-order valence-corrected chi connectivity index (χ0v) is 14.3. The van der Waals surface area contributed by atoms with E-state index in [2.05, 4.69) is 5.32 Å². The lowest BCUT2D eigenvalue weighted by Crippen LogP contribution is -2.30. The monoisotopic (exact) mass is 325 g/mol. The van der Waals surface area contributed by atoms with E-state index in [1.807, 2.05) is 56.3 Å². The standard InChI is InChI=1S/C20H23NO3/c1-4-24-19(22)13-18(16-10-8-14(2)9-11-16)21-20(23)17-7-5-6-15(3)12-17/h5-12,18H,4,13H2,1-3H3,(H,21,23). The molecule has 126 valence electrons. The second kappa shape index (κ2) is 8.29. The molecule has 1 amide bonds. The Balaban J connectivity index is 2.20. The number of ether oxygens (including phenoxy) is 1. The number of hydrogen-bond donors (Lipinski definition) is 1. The summed E-state index contributed by atoms with van der Waals surface area (Å²) in [6.45, 7) is 6.03. The van der Waals surface area contributed by atoms with Crippen LogP contribution in [0.5, 0.6) is 0 Å². The number of carbonyl (C=O) groups excluding carboxylic acids is 2. The molecule has 0 saturated carbocycles. The van der Waals surface area contributed by atoms with E-state index in [0.717, 1.165) is 16.7 Å². The average Bonchev–Trinajstić information content (AvgIpc) is 2.55. The summed E-state index contributed by atoms with van der Waals surface area (Å²) >= 11 is 0. The van der Waals surface area contributed by atoms with Crippen molar-refractivity contribution in [1.82, 2.24) is 5.32 Å². The molecule has 2 rings (SSSR count). The van der Waals surface area contributed by atoms with Crippen molar-refractivity contribution in [3.63, 3.8) is 0 Å². The third-order valence-corrected chi connectivity index (χ3v) is 3.74. The Morgan fingerprint density at radius 3 is 2.38 bits per heavy atom. The van der Waals surface area contributed by atoms with Crippen molar-refractivity contribution in [2.24, 2.45) is 0 Å². The van der Waals surface area contributed by atoms with Crippen LogP contribution >= 0.6 is 0 Å². The maximum Gasteiger partial charge on any atom is 0.308 e. The third kappa shape index (κ3) is 4.95. The van der Waals surface area contributed by atoms with Crippen LogP contribution in [-0.2, 0) is 9.53 Å². The van der Waals surface area contributed by atoms with Gasteiger partial charge >= 0.3 is 5.97 Å². The number of hydrogen-bond acceptors (Lipinski definition) is 3. The van der Waals surface area contributed by atoms with Crippen molar-refractivity contribution in [1.29, 1.82) is 0 Å². The molecule has 0 aliphatic carbocycles. The van der Waals surface area contributed by atoms with Crippen molar-refractivity contribution in [3.8, 4) is 0 Å². The minimum Gasteiger partial charge on any atom is -0.466 e. The predicted octanol–water partition coefficient (Wildman–Crippen LogP) is 3.73. The smallest absolute Gasteiger partial charge is 0.308 e. The summed E-state index contributed by atoms with van der Waals surface area (Å²) < 4.78 is 5.03. The first-order valence-electron chi connectivity index (χ1n) is 8.09. The molecule has 2 aromatic carbocycles. The highest BCUT2D eigenvalue weighted by molar-refractivity contribution is 5.94. The van der Waals surface area contributed by atoms with E-state index in [0.29, 0.717) is 12.2 Å². The van der Waals surface area contributed by atoms with Crippen molar-refractivity contribution < 1.29 is 14.3 Å². The van der Waals surface area contributed by atoms with Gasteiger partial charge in [-0.1, -0.05) is 47.5 Å². The SMILES string of the molecule is CCOC(=O)CC(NC(=O)c1cccc(C)c1)c1ccc(C)cc1. The highest BCUT2D eigenvalue weighted by Gasteiger charge is 2.20. The number of amides is 1. The highest BCUT2D eigenvalue weighted by Crippen LogP contribution is 2.19. The minimum atomic E-state index is -0.419. The Morgan fingerprint density at radius 2 is 1.75 bits per heavy atom. The molecule has 1 atom stereocenters. The van der Waals surface area contributed by atoms with Gasteiger partial charge in [0.1, 0.15) is 0 Å². The van der Waals surface area contributed by atoms with Gasteiger partial charge < -0.3 is 10.1 Å². The van der Waals surface area contributed by atoms with E-state index in [9.17, 15) is 9.59 Å². The summed E-state index contributed by atoms with van der Waals surface area (Å²) in [6.07, 6.45) is 0.106. The Kier molecular flexibility index (Phi) is 6.13. The first-order valence-corrected chi connectivity index (χ1v) is 8.09. The largest absolute Gasteiger partial charge is 0.466 e. The molecule has 2 aromatic rings. The van der Waals surface area contributed by atoms with E-state index in [4.69, 9.17) is 4.74 Å². The van der Waals surface area contributed by atoms with E-state index in [1.165, 1.54) is 0 Å². The van der Waals surface area contributed by atoms with Gasteiger partial charge in [0, 0.05) is 5.56 Å². The molecule has 4 heteroatoms. The maximum atomic E-state index is 12.5. The molecule has 0 aromatic heterocycles. The molecule has 1 N–H and O–H groups in total. The summed E-state index contributed by atoms with van der Waals surface area (Å²) in [4.78, 5) is 24.4. The zero-order valence-electron chi connectivity index (χ0n) is 14.3. The molecule has 0 heterocycles. The predicted molar refractivity (Wildman–Crippen MR) is 93.8 cm³/mol. The van der Waals surface area contributed by atoms with Gasteiger partial charge in [0.05, 0.1) is 19.1 Å². The van der Waals surface area contributed by atoms with Gasteiger partial charge in [-0.15, -0.1) is 0 Å². The molecule has 0 saturated heterocycles. The van der Waals surface area contributed by atoms with Gasteiger partial charge in [0.2, 0.25) is 0 Å². The Morgan fingerprint density at radius 1 is 1.04 bits per heavy atom. The van der Waals surface area contributed by atoms with Crippen LogP contribution in [0.4, 0.5) is 0 Å². The fourth-order valence-corrected chi connectivity index (χ4v) is 2.47. The van der Waals surface area contributed by atoms with Gasteiger partial charge in [0.25, 0.3) is 5.91 Å². The Labute approximate surface area is 142 Å². The molecule has 0 aliphatic rings. The van der Waals surface area contributed by atoms with Crippen LogP contribution in [0, 0.1) is 13.8 Å². The number of esters is 1. The first-order chi connectivity index (χ1) is 11.5. The molecule has 4 nitrogen and oxygen atoms in total. The fraction of sp³-hybridized carbons (Fsp3) is 0.300. The van der Waals surface area contributed by atoms with Crippen LogP contribution in [0.25, 0.3) is 0 Å². The zero-order chi connectivity index (χ0) is 17.5. The molecule has 0 aliphatic heterocycles. The lowest BCUT2D eigenvalue weighted by Gasteiger charge is -2.19. The summed E-state index contributed by atoms with van der Waals surface area (Å²) in [6, 6.07) is 14.7. The molecule has 24 heavy (non-hydrogen) atoms. The van der Waals surface area contributed by atoms with E-state index in [1.54, 1.807) is 13.0 Å². The highest BCUT2D eigenvalue weighted by atomic mass is 16.5. The number of nitrogens with one attached hydrogen (secondary N) is 1. The molecule has 0 spiro atoms. The third-order valence-electron chi connectivity index (χ3n) is 3.74. The second-order valence-corrected chi connectivity index (χ2v) is 5.82. The van der Waals surface area contributed by atoms with Crippen LogP contribution < -0.4 is 5.32 Å². The van der Waals surface area contributed by atoms with Gasteiger partial charge in [0.15, 0.2) is 0 Å². The average molecular weight is 325 g/mol. The van der Waals surface area contributed by atoms with Crippen LogP contribution in [0.15, 0.2) is 48.5 Å². The molecular weight excluding hydrogens is 302 g/mol. The molecule has 0 fully saturated rings. The normalized spacial score (nSPS) is 11.6. The number of carbonyl (C=O) groups is 2. The van der Waals surface area contributed by atoms with Crippen molar-refractivity contribution in [3.05, 3.63) is 70.8 Å². The Bertz CT molecular complexity index is 707. The Hall–Kier alpha value is -2.62. The number of rotatable bonds is 6. The lowest BCUT2D eigenvalue weighted by atomic mass is 10.0. The summed E-state index contributed by atoms with van der Waals surface area (Å²) in [5, 5.41) is 2.95. The lowest BCUT2D eigenvalue weighted by molar-refractivity contribution is -0.143. The number of benzene rings is 2. The maximum absolute atomic E-state index is 12.5. The van der Waals surface area contributed by atoms with Crippen LogP contribution in [0.2, 0.25) is 0 Å². The van der Waals surface area contributed by atoms with Crippen molar-refractivity contribution in [2.45, 2.75) is 33.2 Å². The topological polar surface area (TPSA) is 55.4 Å². The second-order valence-electron chi connectivity index (χ2n) is 5.82. The summed E-state index contributed by atoms with van der Waals surface area (Å²) in [7, 11) is 0. The van der Waals surface area contributed by atoms with Crippen LogP contribution in [0.1, 0.15) is 46.4 Å². The quantitative estimate of drug-likeness (QED) is 0.823. The van der Waals surface area contributed by atoms with E-state index >= 15 is 0 Å². The fourth-order valence-electron chi connectivity index (χ4n) is 2.47. The summed E-state index contributed by atoms with van der Waals surface area (Å²) in [5.41, 5.74) is 3.60. The van der Waals surface area contributed by atoms with E-state index in [-0.39, 0.29) is 18.3 Å². The molecule has 0 bridgehead atoms. The van der Waals surface area contributed by atoms with Gasteiger partial charge in [-0.25, -0.2) is 0 Å². The number of aryl methyl sites for hydroxylation is 2. The van der Waals surface area contributed by atoms with Crippen molar-refractivity contribution >= 4 is 11.9 Å². The van der Waals surface area contributed by atoms with E-state index < -0.39 is 6.04 Å². The van der Waals surface area contributed by atoms with Crippen molar-refractivity contribution in [2.75, 3.05) is 6.61 Å². The first kappa shape index (κ1) is 17.7. The van der Waals surface area contributed by atoms with Crippen LogP contribution in [0.3, 0.4) is 0 Å². The van der Waals surface area contributed by atoms with Gasteiger partial charge in [-0.2, -0.15) is 0 Å².